The second-order valence-electron chi connectivity index (χ2n) is 4.57. The molecule has 0 spiro atoms. The maximum atomic E-state index is 11.6. The van der Waals surface area contributed by atoms with Gasteiger partial charge < -0.3 is 5.32 Å². The van der Waals surface area contributed by atoms with Crippen molar-refractivity contribution in [3.63, 3.8) is 0 Å². The van der Waals surface area contributed by atoms with Gasteiger partial charge in [0, 0.05) is 23.6 Å². The highest BCUT2D eigenvalue weighted by molar-refractivity contribution is 7.91. The number of sulfone groups is 1. The molecule has 0 saturated heterocycles. The van der Waals surface area contributed by atoms with E-state index in [2.05, 4.69) is 24.3 Å². The van der Waals surface area contributed by atoms with Crippen molar-refractivity contribution >= 4 is 9.84 Å². The van der Waals surface area contributed by atoms with Crippen molar-refractivity contribution in [3.8, 4) is 0 Å². The quantitative estimate of drug-likeness (QED) is 0.779. The van der Waals surface area contributed by atoms with Crippen LogP contribution in [0.3, 0.4) is 0 Å². The predicted molar refractivity (Wildman–Crippen MR) is 78.1 cm³/mol. The van der Waals surface area contributed by atoms with E-state index in [1.54, 1.807) is 6.92 Å². The van der Waals surface area contributed by atoms with Crippen LogP contribution >= 0.6 is 0 Å². The molecule has 1 aromatic heterocycles. The zero-order valence-corrected chi connectivity index (χ0v) is 13.2. The van der Waals surface area contributed by atoms with E-state index in [9.17, 15) is 8.42 Å². The van der Waals surface area contributed by atoms with Crippen LogP contribution in [0.15, 0.2) is 0 Å². The first-order chi connectivity index (χ1) is 8.99. The van der Waals surface area contributed by atoms with Crippen LogP contribution in [0.4, 0.5) is 0 Å². The summed E-state index contributed by atoms with van der Waals surface area (Å²) in [6, 6.07) is 0. The van der Waals surface area contributed by atoms with Crippen LogP contribution in [-0.4, -0.2) is 36.8 Å². The number of hydrogen-bond acceptors (Lipinski definition) is 4. The molecule has 0 unspecified atom stereocenters. The summed E-state index contributed by atoms with van der Waals surface area (Å²) in [7, 11) is -1.03. The fraction of sp³-hybridized carbons (Fsp3) is 0.769. The van der Waals surface area contributed by atoms with Crippen LogP contribution in [0.2, 0.25) is 0 Å². The van der Waals surface area contributed by atoms with Gasteiger partial charge in [0.1, 0.15) is 0 Å². The van der Waals surface area contributed by atoms with Gasteiger partial charge in [0.25, 0.3) is 0 Å². The molecule has 0 aromatic carbocycles. The summed E-state index contributed by atoms with van der Waals surface area (Å²) in [6.07, 6.45) is 1.74. The highest BCUT2D eigenvalue weighted by atomic mass is 32.2. The zero-order valence-electron chi connectivity index (χ0n) is 12.4. The van der Waals surface area contributed by atoms with Gasteiger partial charge in [-0.15, -0.1) is 0 Å². The molecular formula is C13H25N3O2S. The number of nitrogens with one attached hydrogen (secondary N) is 1. The van der Waals surface area contributed by atoms with Crippen molar-refractivity contribution < 1.29 is 8.42 Å². The van der Waals surface area contributed by atoms with Crippen molar-refractivity contribution in [2.75, 3.05) is 18.6 Å². The molecule has 0 fully saturated rings. The Balaban J connectivity index is 3.00. The second-order valence-corrected chi connectivity index (χ2v) is 7.04. The van der Waals surface area contributed by atoms with Gasteiger partial charge in [0.2, 0.25) is 0 Å². The summed E-state index contributed by atoms with van der Waals surface area (Å²) in [4.78, 5) is 0. The lowest BCUT2D eigenvalue weighted by Gasteiger charge is -2.08. The van der Waals surface area contributed by atoms with E-state index in [0.29, 0.717) is 6.54 Å². The molecule has 0 aliphatic rings. The van der Waals surface area contributed by atoms with E-state index in [1.165, 1.54) is 5.56 Å². The van der Waals surface area contributed by atoms with Crippen molar-refractivity contribution in [1.29, 1.82) is 0 Å². The highest BCUT2D eigenvalue weighted by Gasteiger charge is 2.16. The first kappa shape index (κ1) is 16.2. The Hall–Kier alpha value is -0.880. The van der Waals surface area contributed by atoms with Gasteiger partial charge >= 0.3 is 0 Å². The molecule has 0 aliphatic heterocycles. The third kappa shape index (κ3) is 4.04. The minimum absolute atomic E-state index is 0.167. The predicted octanol–water partition coefficient (Wildman–Crippen LogP) is 1.16. The summed E-state index contributed by atoms with van der Waals surface area (Å²) < 4.78 is 25.1. The van der Waals surface area contributed by atoms with Gasteiger partial charge in [-0.1, -0.05) is 20.8 Å². The average molecular weight is 287 g/mol. The monoisotopic (exact) mass is 287 g/mol. The molecule has 19 heavy (non-hydrogen) atoms. The minimum Gasteiger partial charge on any atom is -0.316 e. The lowest BCUT2D eigenvalue weighted by atomic mass is 10.1. The van der Waals surface area contributed by atoms with Crippen molar-refractivity contribution in [2.24, 2.45) is 0 Å². The maximum Gasteiger partial charge on any atom is 0.151 e. The molecule has 110 valence electrons. The van der Waals surface area contributed by atoms with E-state index in [-0.39, 0.29) is 11.5 Å². The fourth-order valence-corrected chi connectivity index (χ4v) is 2.94. The number of nitrogens with zero attached hydrogens (tertiary/aromatic N) is 2. The van der Waals surface area contributed by atoms with Crippen molar-refractivity contribution in [2.45, 2.75) is 46.7 Å². The molecule has 6 heteroatoms. The SMILES string of the molecule is CCc1nn(CCS(=O)(=O)CC)c(CC)c1CNC. The summed E-state index contributed by atoms with van der Waals surface area (Å²) in [5.74, 6) is 0.361. The molecule has 5 nitrogen and oxygen atoms in total. The largest absolute Gasteiger partial charge is 0.316 e. The highest BCUT2D eigenvalue weighted by Crippen LogP contribution is 2.16. The van der Waals surface area contributed by atoms with Gasteiger partial charge in [-0.3, -0.25) is 4.68 Å². The van der Waals surface area contributed by atoms with Crippen LogP contribution in [-0.2, 0) is 35.8 Å². The molecule has 0 amide bonds. The van der Waals surface area contributed by atoms with Crippen LogP contribution in [0.5, 0.6) is 0 Å². The van der Waals surface area contributed by atoms with Crippen molar-refractivity contribution in [3.05, 3.63) is 17.0 Å². The average Bonchev–Trinajstić information content (AvgIpc) is 2.74. The van der Waals surface area contributed by atoms with Crippen molar-refractivity contribution in [1.82, 2.24) is 15.1 Å². The van der Waals surface area contributed by atoms with Crippen LogP contribution < -0.4 is 5.32 Å². The Kier molecular flexibility index (Phi) is 6.00. The number of aryl methyl sites for hydroxylation is 2. The van der Waals surface area contributed by atoms with E-state index >= 15 is 0 Å². The Bertz CT molecular complexity index is 506. The lowest BCUT2D eigenvalue weighted by Crippen LogP contribution is -2.17. The standard InChI is InChI=1S/C13H25N3O2S/c1-5-12-11(10-14-4)13(6-2)16(15-12)8-9-19(17,18)7-3/h14H,5-10H2,1-4H3. The van der Waals surface area contributed by atoms with Gasteiger partial charge in [0.05, 0.1) is 18.0 Å². The van der Waals surface area contributed by atoms with E-state index in [1.807, 2.05) is 11.7 Å². The Morgan fingerprint density at radius 1 is 1.21 bits per heavy atom. The Labute approximate surface area is 116 Å². The molecule has 0 saturated carbocycles. The Morgan fingerprint density at radius 3 is 2.37 bits per heavy atom. The number of hydrogen-bond donors (Lipinski definition) is 1. The summed E-state index contributed by atoms with van der Waals surface area (Å²) in [5.41, 5.74) is 3.44. The van der Waals surface area contributed by atoms with E-state index in [0.717, 1.165) is 30.8 Å². The molecule has 1 N–H and O–H groups in total. The normalized spacial score (nSPS) is 12.0. The van der Waals surface area contributed by atoms with Crippen LogP contribution in [0, 0.1) is 0 Å². The summed E-state index contributed by atoms with van der Waals surface area (Å²) in [5, 5.41) is 7.73. The fourth-order valence-electron chi connectivity index (χ4n) is 2.20. The molecule has 0 radical (unpaired) electrons. The van der Waals surface area contributed by atoms with Crippen LogP contribution in [0.1, 0.15) is 37.7 Å². The Morgan fingerprint density at radius 2 is 1.89 bits per heavy atom. The first-order valence-corrected chi connectivity index (χ1v) is 8.73. The number of aromatic nitrogens is 2. The number of rotatable bonds is 8. The molecule has 1 rings (SSSR count). The van der Waals surface area contributed by atoms with E-state index < -0.39 is 9.84 Å². The smallest absolute Gasteiger partial charge is 0.151 e. The molecule has 0 bridgehead atoms. The third-order valence-corrected chi connectivity index (χ3v) is 5.01. The zero-order chi connectivity index (χ0) is 14.5. The lowest BCUT2D eigenvalue weighted by molar-refractivity contribution is 0.572. The summed E-state index contributed by atoms with van der Waals surface area (Å²) in [6.45, 7) is 7.08. The topological polar surface area (TPSA) is 64.0 Å². The van der Waals surface area contributed by atoms with Gasteiger partial charge in [-0.2, -0.15) is 5.10 Å². The minimum atomic E-state index is -2.94. The maximum absolute atomic E-state index is 11.6. The molecule has 1 heterocycles. The van der Waals surface area contributed by atoms with Gasteiger partial charge in [-0.25, -0.2) is 8.42 Å². The summed E-state index contributed by atoms with van der Waals surface area (Å²) >= 11 is 0. The molecular weight excluding hydrogens is 262 g/mol. The van der Waals surface area contributed by atoms with Crippen LogP contribution in [0.25, 0.3) is 0 Å². The van der Waals surface area contributed by atoms with Gasteiger partial charge in [-0.05, 0) is 19.9 Å². The van der Waals surface area contributed by atoms with Gasteiger partial charge in [0.15, 0.2) is 9.84 Å². The molecule has 0 aliphatic carbocycles. The third-order valence-electron chi connectivity index (χ3n) is 3.33. The second kappa shape index (κ2) is 7.05. The molecule has 0 atom stereocenters. The van der Waals surface area contributed by atoms with E-state index in [4.69, 9.17) is 0 Å². The molecule has 1 aromatic rings. The first-order valence-electron chi connectivity index (χ1n) is 6.91.